The second-order valence-corrected chi connectivity index (χ2v) is 5.40. The van der Waals surface area contributed by atoms with Gasteiger partial charge in [-0.25, -0.2) is 0 Å². The smallest absolute Gasteiger partial charge is 0.251 e. The van der Waals surface area contributed by atoms with Crippen LogP contribution < -0.4 is 14.8 Å². The maximum Gasteiger partial charge on any atom is 0.251 e. The minimum Gasteiger partial charge on any atom is -0.497 e. The Kier molecular flexibility index (Phi) is 6.03. The number of methoxy groups -OCH3 is 2. The van der Waals surface area contributed by atoms with E-state index < -0.39 is 0 Å². The lowest BCUT2D eigenvalue weighted by atomic mass is 10.1. The summed E-state index contributed by atoms with van der Waals surface area (Å²) >= 11 is 0. The van der Waals surface area contributed by atoms with Gasteiger partial charge in [-0.3, -0.25) is 4.79 Å². The van der Waals surface area contributed by atoms with Crippen molar-refractivity contribution in [3.05, 3.63) is 23.8 Å². The number of nitrogens with one attached hydrogen (secondary N) is 1. The number of nitrogens with zero attached hydrogens (tertiary/aromatic N) is 1. The van der Waals surface area contributed by atoms with Crippen LogP contribution in [-0.4, -0.2) is 64.4 Å². The number of carbonyl (C=O) groups is 1. The number of morpholine rings is 1. The fraction of sp³-hybridized carbons (Fsp3) is 0.562. The number of benzene rings is 1. The maximum absolute atomic E-state index is 12.2. The minimum atomic E-state index is -0.138. The molecule has 1 unspecified atom stereocenters. The Bertz CT molecular complexity index is 485. The maximum atomic E-state index is 12.2. The zero-order chi connectivity index (χ0) is 15.9. The molecule has 0 spiro atoms. The summed E-state index contributed by atoms with van der Waals surface area (Å²) in [6.45, 7) is 3.20. The van der Waals surface area contributed by atoms with Gasteiger partial charge in [0.1, 0.15) is 11.5 Å². The number of ether oxygens (including phenoxy) is 3. The van der Waals surface area contributed by atoms with Gasteiger partial charge in [0.25, 0.3) is 5.91 Å². The number of likely N-dealkylation sites (N-methyl/N-ethyl adjacent to an activating group) is 1. The molecule has 1 aromatic rings. The van der Waals surface area contributed by atoms with Crippen LogP contribution in [-0.2, 0) is 4.74 Å². The van der Waals surface area contributed by atoms with Crippen molar-refractivity contribution < 1.29 is 19.0 Å². The number of amides is 1. The lowest BCUT2D eigenvalue weighted by Gasteiger charge is -2.30. The van der Waals surface area contributed by atoms with E-state index in [4.69, 9.17) is 14.2 Å². The third-order valence-electron chi connectivity index (χ3n) is 3.71. The number of hydrogen-bond acceptors (Lipinski definition) is 5. The topological polar surface area (TPSA) is 60.0 Å². The zero-order valence-electron chi connectivity index (χ0n) is 13.4. The van der Waals surface area contributed by atoms with Gasteiger partial charge in [-0.1, -0.05) is 0 Å². The highest BCUT2D eigenvalue weighted by molar-refractivity contribution is 5.95. The van der Waals surface area contributed by atoms with Crippen LogP contribution in [0.2, 0.25) is 0 Å². The second-order valence-electron chi connectivity index (χ2n) is 5.40. The fourth-order valence-electron chi connectivity index (χ4n) is 2.43. The third-order valence-corrected chi connectivity index (χ3v) is 3.71. The number of rotatable bonds is 6. The van der Waals surface area contributed by atoms with Gasteiger partial charge in [-0.05, 0) is 25.6 Å². The minimum absolute atomic E-state index is 0.138. The quantitative estimate of drug-likeness (QED) is 0.854. The number of hydrogen-bond donors (Lipinski definition) is 1. The van der Waals surface area contributed by atoms with E-state index in [2.05, 4.69) is 17.3 Å². The molecule has 1 heterocycles. The second kappa shape index (κ2) is 8.00. The summed E-state index contributed by atoms with van der Waals surface area (Å²) < 4.78 is 16.0. The van der Waals surface area contributed by atoms with Gasteiger partial charge in [-0.2, -0.15) is 0 Å². The van der Waals surface area contributed by atoms with Gasteiger partial charge < -0.3 is 24.4 Å². The van der Waals surface area contributed by atoms with E-state index in [-0.39, 0.29) is 12.0 Å². The van der Waals surface area contributed by atoms with E-state index >= 15 is 0 Å². The zero-order valence-corrected chi connectivity index (χ0v) is 13.4. The highest BCUT2D eigenvalue weighted by Gasteiger charge is 2.17. The molecular weight excluding hydrogens is 284 g/mol. The molecule has 6 nitrogen and oxygen atoms in total. The van der Waals surface area contributed by atoms with Gasteiger partial charge in [0.2, 0.25) is 0 Å². The summed E-state index contributed by atoms with van der Waals surface area (Å²) in [5, 5.41) is 2.92. The van der Waals surface area contributed by atoms with E-state index in [1.54, 1.807) is 32.4 Å². The van der Waals surface area contributed by atoms with E-state index in [9.17, 15) is 4.79 Å². The summed E-state index contributed by atoms with van der Waals surface area (Å²) in [5.74, 6) is 1.06. The average molecular weight is 308 g/mol. The molecule has 2 rings (SSSR count). The van der Waals surface area contributed by atoms with Crippen molar-refractivity contribution in [3.8, 4) is 11.5 Å². The summed E-state index contributed by atoms with van der Waals surface area (Å²) in [6.07, 6.45) is 0.982. The van der Waals surface area contributed by atoms with E-state index in [1.807, 2.05) is 0 Å². The van der Waals surface area contributed by atoms with Crippen LogP contribution >= 0.6 is 0 Å². The largest absolute Gasteiger partial charge is 0.497 e. The van der Waals surface area contributed by atoms with E-state index in [0.29, 0.717) is 23.6 Å². The molecule has 1 saturated heterocycles. The molecule has 1 aromatic carbocycles. The molecule has 122 valence electrons. The molecule has 0 bridgehead atoms. The van der Waals surface area contributed by atoms with Crippen LogP contribution in [0.15, 0.2) is 18.2 Å². The Morgan fingerprint density at radius 3 is 2.59 bits per heavy atom. The summed E-state index contributed by atoms with van der Waals surface area (Å²) in [7, 11) is 5.21. The van der Waals surface area contributed by atoms with Crippen LogP contribution in [0.5, 0.6) is 11.5 Å². The summed E-state index contributed by atoms with van der Waals surface area (Å²) in [5.41, 5.74) is 0.526. The first kappa shape index (κ1) is 16.6. The van der Waals surface area contributed by atoms with Crippen molar-refractivity contribution in [2.75, 3.05) is 47.5 Å². The van der Waals surface area contributed by atoms with Crippen LogP contribution in [0, 0.1) is 0 Å². The summed E-state index contributed by atoms with van der Waals surface area (Å²) in [4.78, 5) is 14.5. The highest BCUT2D eigenvalue weighted by atomic mass is 16.5. The predicted octanol–water partition coefficient (Wildman–Crippen LogP) is 1.15. The van der Waals surface area contributed by atoms with E-state index in [0.717, 1.165) is 26.1 Å². The number of carbonyl (C=O) groups excluding carboxylic acids is 1. The Hall–Kier alpha value is -1.79. The molecule has 1 aliphatic rings. The monoisotopic (exact) mass is 308 g/mol. The Morgan fingerprint density at radius 2 is 2.00 bits per heavy atom. The van der Waals surface area contributed by atoms with Gasteiger partial charge in [0, 0.05) is 31.3 Å². The molecular formula is C16H24N2O4. The first-order valence-electron chi connectivity index (χ1n) is 7.44. The van der Waals surface area contributed by atoms with Crippen molar-refractivity contribution in [1.82, 2.24) is 10.2 Å². The molecule has 22 heavy (non-hydrogen) atoms. The standard InChI is InChI=1S/C16H24N2O4/c1-18-6-7-22-13(11-18)4-5-17-16(19)12-8-14(20-2)10-15(9-12)21-3/h8-10,13H,4-7,11H2,1-3H3,(H,17,19). The molecule has 0 saturated carbocycles. The van der Waals surface area contributed by atoms with Crippen LogP contribution in [0.4, 0.5) is 0 Å². The van der Waals surface area contributed by atoms with Crippen molar-refractivity contribution in [3.63, 3.8) is 0 Å². The van der Waals surface area contributed by atoms with Crippen molar-refractivity contribution >= 4 is 5.91 Å². The molecule has 1 N–H and O–H groups in total. The van der Waals surface area contributed by atoms with Crippen LogP contribution in [0.3, 0.4) is 0 Å². The van der Waals surface area contributed by atoms with Crippen LogP contribution in [0.25, 0.3) is 0 Å². The molecule has 1 amide bonds. The van der Waals surface area contributed by atoms with Crippen LogP contribution in [0.1, 0.15) is 16.8 Å². The third kappa shape index (κ3) is 4.61. The fourth-order valence-corrected chi connectivity index (χ4v) is 2.43. The molecule has 0 aromatic heterocycles. The summed E-state index contributed by atoms with van der Waals surface area (Å²) in [6, 6.07) is 5.13. The van der Waals surface area contributed by atoms with E-state index in [1.165, 1.54) is 0 Å². The Morgan fingerprint density at radius 1 is 1.32 bits per heavy atom. The van der Waals surface area contributed by atoms with Gasteiger partial charge >= 0.3 is 0 Å². The molecule has 1 atom stereocenters. The van der Waals surface area contributed by atoms with Gasteiger partial charge in [-0.15, -0.1) is 0 Å². The van der Waals surface area contributed by atoms with Crippen molar-refractivity contribution in [2.45, 2.75) is 12.5 Å². The molecule has 6 heteroatoms. The first-order chi connectivity index (χ1) is 10.6. The van der Waals surface area contributed by atoms with Gasteiger partial charge in [0.05, 0.1) is 26.9 Å². The Balaban J connectivity index is 1.86. The molecule has 0 aliphatic carbocycles. The lowest BCUT2D eigenvalue weighted by Crippen LogP contribution is -2.41. The normalized spacial score (nSPS) is 18.8. The molecule has 1 fully saturated rings. The van der Waals surface area contributed by atoms with Gasteiger partial charge in [0.15, 0.2) is 0 Å². The Labute approximate surface area is 131 Å². The molecule has 1 aliphatic heterocycles. The first-order valence-corrected chi connectivity index (χ1v) is 7.44. The SMILES string of the molecule is COc1cc(OC)cc(C(=O)NCCC2CN(C)CCO2)c1. The average Bonchev–Trinajstić information content (AvgIpc) is 2.54. The molecule has 0 radical (unpaired) electrons. The lowest BCUT2D eigenvalue weighted by molar-refractivity contribution is -0.0226. The highest BCUT2D eigenvalue weighted by Crippen LogP contribution is 2.22. The predicted molar refractivity (Wildman–Crippen MR) is 83.7 cm³/mol. The van der Waals surface area contributed by atoms with Crippen molar-refractivity contribution in [1.29, 1.82) is 0 Å². The van der Waals surface area contributed by atoms with Crippen molar-refractivity contribution in [2.24, 2.45) is 0 Å².